The Kier molecular flexibility index (Phi) is 4.88. The molecule has 0 aliphatic carbocycles. The number of carbonyl (C=O) groups is 1. The van der Waals surface area contributed by atoms with Crippen LogP contribution >= 0.6 is 11.6 Å². The fraction of sp³-hybridized carbons (Fsp3) is 0.176. The van der Waals surface area contributed by atoms with Crippen molar-refractivity contribution >= 4 is 38.3 Å². The molecule has 0 N–H and O–H groups in total. The lowest BCUT2D eigenvalue weighted by molar-refractivity contribution is 0.0329. The first-order chi connectivity index (χ1) is 12.3. The van der Waals surface area contributed by atoms with Crippen molar-refractivity contribution in [3.05, 3.63) is 59.0 Å². The lowest BCUT2D eigenvalue weighted by atomic mass is 10.2. The van der Waals surface area contributed by atoms with Gasteiger partial charge in [-0.1, -0.05) is 29.8 Å². The number of benzene rings is 1. The molecule has 0 aliphatic rings. The molecule has 0 amide bonds. The fourth-order valence-electron chi connectivity index (χ4n) is 2.25. The summed E-state index contributed by atoms with van der Waals surface area (Å²) in [7, 11) is -3.56. The van der Waals surface area contributed by atoms with E-state index in [0.717, 1.165) is 6.26 Å². The molecule has 7 nitrogen and oxygen atoms in total. The molecule has 0 spiro atoms. The lowest BCUT2D eigenvalue weighted by Gasteiger charge is -2.14. The molecule has 0 saturated heterocycles. The van der Waals surface area contributed by atoms with Gasteiger partial charge in [0.05, 0.1) is 11.3 Å². The molecule has 0 saturated carbocycles. The monoisotopic (exact) mass is 391 g/mol. The van der Waals surface area contributed by atoms with E-state index >= 15 is 0 Å². The molecule has 134 valence electrons. The SMILES string of the molecule is C[C@@H](OC(=O)c1ccccc1)c1cc2cnc(S(C)(=O)=O)nc2c(Cl)n1. The molecule has 9 heteroatoms. The van der Waals surface area contributed by atoms with Gasteiger partial charge in [0.1, 0.15) is 11.6 Å². The Hall–Kier alpha value is -2.58. The van der Waals surface area contributed by atoms with E-state index in [4.69, 9.17) is 16.3 Å². The Morgan fingerprint density at radius 1 is 1.19 bits per heavy atom. The second kappa shape index (κ2) is 6.97. The van der Waals surface area contributed by atoms with Crippen LogP contribution in [-0.4, -0.2) is 35.6 Å². The second-order valence-corrected chi connectivity index (χ2v) is 7.88. The molecule has 2 heterocycles. The van der Waals surface area contributed by atoms with E-state index in [-0.39, 0.29) is 15.8 Å². The van der Waals surface area contributed by atoms with Crippen LogP contribution in [0.1, 0.15) is 29.1 Å². The zero-order valence-electron chi connectivity index (χ0n) is 13.9. The first-order valence-electron chi connectivity index (χ1n) is 7.55. The maximum Gasteiger partial charge on any atom is 0.338 e. The van der Waals surface area contributed by atoms with Crippen LogP contribution in [-0.2, 0) is 14.6 Å². The van der Waals surface area contributed by atoms with E-state index in [0.29, 0.717) is 16.6 Å². The smallest absolute Gasteiger partial charge is 0.338 e. The molecule has 0 fully saturated rings. The highest BCUT2D eigenvalue weighted by molar-refractivity contribution is 7.90. The van der Waals surface area contributed by atoms with Gasteiger partial charge in [-0.15, -0.1) is 0 Å². The Balaban J connectivity index is 1.92. The predicted octanol–water partition coefficient (Wildman–Crippen LogP) is 3.00. The van der Waals surface area contributed by atoms with Gasteiger partial charge < -0.3 is 4.74 Å². The topological polar surface area (TPSA) is 99.1 Å². The summed E-state index contributed by atoms with van der Waals surface area (Å²) in [6.45, 7) is 1.66. The van der Waals surface area contributed by atoms with Crippen molar-refractivity contribution in [3.8, 4) is 0 Å². The molecule has 3 aromatic rings. The molecule has 0 unspecified atom stereocenters. The summed E-state index contributed by atoms with van der Waals surface area (Å²) < 4.78 is 28.6. The number of halogens is 1. The predicted molar refractivity (Wildman–Crippen MR) is 95.7 cm³/mol. The van der Waals surface area contributed by atoms with Crippen molar-refractivity contribution in [3.63, 3.8) is 0 Å². The number of rotatable bonds is 4. The first-order valence-corrected chi connectivity index (χ1v) is 9.82. The van der Waals surface area contributed by atoms with Crippen molar-refractivity contribution < 1.29 is 17.9 Å². The summed E-state index contributed by atoms with van der Waals surface area (Å²) >= 11 is 6.15. The Bertz CT molecular complexity index is 1090. The summed E-state index contributed by atoms with van der Waals surface area (Å²) in [5.41, 5.74) is 1.04. The Morgan fingerprint density at radius 2 is 1.88 bits per heavy atom. The normalized spacial score (nSPS) is 12.7. The van der Waals surface area contributed by atoms with Crippen LogP contribution in [0.25, 0.3) is 10.9 Å². The van der Waals surface area contributed by atoms with Crippen molar-refractivity contribution in [2.45, 2.75) is 18.2 Å². The first kappa shape index (κ1) is 18.2. The molecule has 1 atom stereocenters. The average molecular weight is 392 g/mol. The third kappa shape index (κ3) is 3.81. The summed E-state index contributed by atoms with van der Waals surface area (Å²) in [4.78, 5) is 24.1. The Labute approximate surface area is 154 Å². The standard InChI is InChI=1S/C17H14ClN3O4S/c1-10(25-16(22)11-6-4-3-5-7-11)13-8-12-9-19-17(26(2,23)24)21-14(12)15(18)20-13/h3-10H,1-2H3/t10-/m1/s1. The molecular weight excluding hydrogens is 378 g/mol. The minimum Gasteiger partial charge on any atom is -0.453 e. The van der Waals surface area contributed by atoms with Gasteiger partial charge in [-0.05, 0) is 25.1 Å². The average Bonchev–Trinajstić information content (AvgIpc) is 2.61. The third-order valence-corrected chi connectivity index (χ3v) is 4.69. The number of pyridine rings is 1. The third-order valence-electron chi connectivity index (χ3n) is 3.56. The highest BCUT2D eigenvalue weighted by Gasteiger charge is 2.19. The molecular formula is C17H14ClN3O4S. The van der Waals surface area contributed by atoms with Crippen LogP contribution < -0.4 is 0 Å². The minimum absolute atomic E-state index is 0.00686. The van der Waals surface area contributed by atoms with Crippen molar-refractivity contribution in [1.29, 1.82) is 0 Å². The summed E-state index contributed by atoms with van der Waals surface area (Å²) in [6.07, 6.45) is 1.69. The van der Waals surface area contributed by atoms with Gasteiger partial charge in [-0.3, -0.25) is 0 Å². The zero-order valence-corrected chi connectivity index (χ0v) is 15.5. The van der Waals surface area contributed by atoms with Gasteiger partial charge in [0.25, 0.3) is 0 Å². The summed E-state index contributed by atoms with van der Waals surface area (Å²) in [6, 6.07) is 10.2. The quantitative estimate of drug-likeness (QED) is 0.383. The van der Waals surface area contributed by atoms with Gasteiger partial charge in [0.2, 0.25) is 15.0 Å². The van der Waals surface area contributed by atoms with Gasteiger partial charge in [-0.25, -0.2) is 28.2 Å². The number of nitrogens with zero attached hydrogens (tertiary/aromatic N) is 3. The van der Waals surface area contributed by atoms with Gasteiger partial charge in [0.15, 0.2) is 5.15 Å². The number of carbonyl (C=O) groups excluding carboxylic acids is 1. The van der Waals surface area contributed by atoms with Crippen LogP contribution in [0.3, 0.4) is 0 Å². The maximum atomic E-state index is 12.2. The van der Waals surface area contributed by atoms with E-state index in [9.17, 15) is 13.2 Å². The van der Waals surface area contributed by atoms with Crippen LogP contribution in [0.15, 0.2) is 47.8 Å². The van der Waals surface area contributed by atoms with E-state index < -0.39 is 21.9 Å². The minimum atomic E-state index is -3.56. The summed E-state index contributed by atoms with van der Waals surface area (Å²) in [5, 5.41) is 0.174. The highest BCUT2D eigenvalue weighted by Crippen LogP contribution is 2.26. The van der Waals surface area contributed by atoms with Crippen LogP contribution in [0.4, 0.5) is 0 Å². The molecule has 0 bridgehead atoms. The van der Waals surface area contributed by atoms with E-state index in [1.807, 2.05) is 0 Å². The van der Waals surface area contributed by atoms with Crippen molar-refractivity contribution in [1.82, 2.24) is 15.0 Å². The number of ether oxygens (including phenoxy) is 1. The largest absolute Gasteiger partial charge is 0.453 e. The number of esters is 1. The molecule has 1 aromatic carbocycles. The molecule has 26 heavy (non-hydrogen) atoms. The Morgan fingerprint density at radius 3 is 2.54 bits per heavy atom. The van der Waals surface area contributed by atoms with Crippen molar-refractivity contribution in [2.24, 2.45) is 0 Å². The maximum absolute atomic E-state index is 12.2. The zero-order chi connectivity index (χ0) is 18.9. The molecule has 0 radical (unpaired) electrons. The van der Waals surface area contributed by atoms with Crippen LogP contribution in [0.2, 0.25) is 5.15 Å². The van der Waals surface area contributed by atoms with Crippen molar-refractivity contribution in [2.75, 3.05) is 6.26 Å². The highest BCUT2D eigenvalue weighted by atomic mass is 35.5. The fourth-order valence-corrected chi connectivity index (χ4v) is 3.00. The van der Waals surface area contributed by atoms with Gasteiger partial charge in [0, 0.05) is 17.8 Å². The van der Waals surface area contributed by atoms with E-state index in [1.165, 1.54) is 6.20 Å². The number of fused-ring (bicyclic) bond motifs is 1. The van der Waals surface area contributed by atoms with E-state index in [1.54, 1.807) is 43.3 Å². The number of hydrogen-bond donors (Lipinski definition) is 0. The molecule has 3 rings (SSSR count). The van der Waals surface area contributed by atoms with Gasteiger partial charge >= 0.3 is 5.97 Å². The second-order valence-electron chi connectivity index (χ2n) is 5.61. The van der Waals surface area contributed by atoms with Crippen LogP contribution in [0, 0.1) is 0 Å². The molecule has 0 aliphatic heterocycles. The van der Waals surface area contributed by atoms with E-state index in [2.05, 4.69) is 15.0 Å². The number of aromatic nitrogens is 3. The van der Waals surface area contributed by atoms with Crippen LogP contribution in [0.5, 0.6) is 0 Å². The molecule has 2 aromatic heterocycles. The number of sulfone groups is 1. The lowest BCUT2D eigenvalue weighted by Crippen LogP contribution is -2.11. The summed E-state index contributed by atoms with van der Waals surface area (Å²) in [5.74, 6) is -0.486. The number of hydrogen-bond acceptors (Lipinski definition) is 7. The van der Waals surface area contributed by atoms with Gasteiger partial charge in [-0.2, -0.15) is 0 Å².